The van der Waals surface area contributed by atoms with E-state index in [0.29, 0.717) is 0 Å². The third-order valence-electron chi connectivity index (χ3n) is 3.26. The minimum Gasteiger partial charge on any atom is -0.313 e. The van der Waals surface area contributed by atoms with E-state index in [2.05, 4.69) is 20.1 Å². The molecule has 0 aliphatic rings. The summed E-state index contributed by atoms with van der Waals surface area (Å²) in [6.07, 6.45) is 2.17. The number of hydrogen-bond acceptors (Lipinski definition) is 5. The van der Waals surface area contributed by atoms with Gasteiger partial charge >= 0.3 is 0 Å². The number of nitrogens with one attached hydrogen (secondary N) is 2. The Balaban J connectivity index is 2.32. The minimum atomic E-state index is -3.68. The molecule has 2 rings (SSSR count). The maximum absolute atomic E-state index is 12.4. The van der Waals surface area contributed by atoms with Crippen LogP contribution in [0.25, 0.3) is 0 Å². The summed E-state index contributed by atoms with van der Waals surface area (Å²) in [4.78, 5) is 4.07. The molecule has 0 saturated carbocycles. The highest BCUT2D eigenvalue weighted by Crippen LogP contribution is 2.21. The number of rotatable bonds is 6. The van der Waals surface area contributed by atoms with E-state index in [1.54, 1.807) is 25.2 Å². The van der Waals surface area contributed by atoms with Crippen LogP contribution in [0, 0.1) is 0 Å². The topological polar surface area (TPSA) is 88.9 Å². The second-order valence-electron chi connectivity index (χ2n) is 4.63. The van der Waals surface area contributed by atoms with Gasteiger partial charge in [0.2, 0.25) is 5.95 Å². The number of hydrogen-bond donors (Lipinski definition) is 2. The van der Waals surface area contributed by atoms with Gasteiger partial charge in [0.05, 0.1) is 4.90 Å². The zero-order valence-electron chi connectivity index (χ0n) is 12.2. The van der Waals surface area contributed by atoms with Crippen molar-refractivity contribution in [1.82, 2.24) is 20.1 Å². The van der Waals surface area contributed by atoms with Crippen molar-refractivity contribution in [3.8, 4) is 0 Å². The summed E-state index contributed by atoms with van der Waals surface area (Å²) in [5, 5.41) is 7.00. The van der Waals surface area contributed by atoms with Gasteiger partial charge in [0.1, 0.15) is 6.33 Å². The zero-order valence-corrected chi connectivity index (χ0v) is 13.1. The van der Waals surface area contributed by atoms with E-state index in [0.717, 1.165) is 12.0 Å². The average Bonchev–Trinajstić information content (AvgIpc) is 2.85. The van der Waals surface area contributed by atoms with Crippen LogP contribution in [0.3, 0.4) is 0 Å². The van der Waals surface area contributed by atoms with Crippen LogP contribution >= 0.6 is 0 Å². The van der Waals surface area contributed by atoms with Crippen LogP contribution in [0.2, 0.25) is 0 Å². The summed E-state index contributed by atoms with van der Waals surface area (Å²) in [5.74, 6) is 0.182. The van der Waals surface area contributed by atoms with Crippen LogP contribution in [-0.2, 0) is 17.1 Å². The summed E-state index contributed by atoms with van der Waals surface area (Å²) < 4.78 is 28.6. The first-order valence-corrected chi connectivity index (χ1v) is 8.10. The predicted octanol–water partition coefficient (Wildman–Crippen LogP) is 1.29. The summed E-state index contributed by atoms with van der Waals surface area (Å²) >= 11 is 0. The Labute approximate surface area is 124 Å². The third-order valence-corrected chi connectivity index (χ3v) is 4.59. The Morgan fingerprint density at radius 3 is 2.71 bits per heavy atom. The summed E-state index contributed by atoms with van der Waals surface area (Å²) in [6, 6.07) is 7.00. The highest BCUT2D eigenvalue weighted by Gasteiger charge is 2.18. The van der Waals surface area contributed by atoms with E-state index >= 15 is 0 Å². The van der Waals surface area contributed by atoms with E-state index in [4.69, 9.17) is 0 Å². The third kappa shape index (κ3) is 3.40. The van der Waals surface area contributed by atoms with Gasteiger partial charge in [-0.1, -0.05) is 19.1 Å². The Kier molecular flexibility index (Phi) is 4.59. The molecule has 2 aromatic rings. The molecule has 0 amide bonds. The van der Waals surface area contributed by atoms with Crippen LogP contribution in [-0.4, -0.2) is 30.2 Å². The predicted molar refractivity (Wildman–Crippen MR) is 80.3 cm³/mol. The molecule has 0 bridgehead atoms. The molecule has 1 aromatic carbocycles. The smallest absolute Gasteiger partial charge is 0.264 e. The van der Waals surface area contributed by atoms with Crippen molar-refractivity contribution in [3.05, 3.63) is 36.2 Å². The van der Waals surface area contributed by atoms with Gasteiger partial charge in [-0.2, -0.15) is 10.1 Å². The molecule has 0 spiro atoms. The van der Waals surface area contributed by atoms with E-state index in [-0.39, 0.29) is 16.9 Å². The normalized spacial score (nSPS) is 13.1. The fourth-order valence-electron chi connectivity index (χ4n) is 2.07. The van der Waals surface area contributed by atoms with Gasteiger partial charge in [-0.3, -0.25) is 0 Å². The lowest BCUT2D eigenvalue weighted by Gasteiger charge is -2.15. The molecule has 0 aliphatic carbocycles. The number of aryl methyl sites for hydroxylation is 1. The van der Waals surface area contributed by atoms with Crippen LogP contribution in [0.15, 0.2) is 35.5 Å². The second kappa shape index (κ2) is 6.23. The van der Waals surface area contributed by atoms with Crippen molar-refractivity contribution in [1.29, 1.82) is 0 Å². The van der Waals surface area contributed by atoms with Crippen LogP contribution in [0.4, 0.5) is 5.95 Å². The molecule has 1 heterocycles. The van der Waals surface area contributed by atoms with Gasteiger partial charge in [-0.15, -0.1) is 0 Å². The SMILES string of the molecule is CCC(NC)c1cccc(S(=O)(=O)Nc2ncnn2C)c1. The molecular weight excluding hydrogens is 290 g/mol. The summed E-state index contributed by atoms with van der Waals surface area (Å²) in [6.45, 7) is 2.04. The van der Waals surface area contributed by atoms with Crippen molar-refractivity contribution < 1.29 is 8.42 Å². The molecule has 1 unspecified atom stereocenters. The molecule has 1 atom stereocenters. The standard InChI is InChI=1S/C13H19N5O2S/c1-4-12(14-2)10-6-5-7-11(8-10)21(19,20)17-13-15-9-16-18(13)3/h5-9,12,14H,4H2,1-3H3,(H,15,16,17). The number of benzene rings is 1. The van der Waals surface area contributed by atoms with Crippen LogP contribution < -0.4 is 10.0 Å². The molecule has 1 aromatic heterocycles. The molecular formula is C13H19N5O2S. The van der Waals surface area contributed by atoms with Gasteiger partial charge in [0.15, 0.2) is 0 Å². The van der Waals surface area contributed by atoms with Crippen LogP contribution in [0.1, 0.15) is 24.9 Å². The minimum absolute atomic E-state index is 0.120. The maximum atomic E-state index is 12.4. The zero-order chi connectivity index (χ0) is 15.5. The van der Waals surface area contributed by atoms with E-state index in [9.17, 15) is 8.42 Å². The molecule has 0 saturated heterocycles. The molecule has 0 aliphatic heterocycles. The molecule has 2 N–H and O–H groups in total. The second-order valence-corrected chi connectivity index (χ2v) is 6.32. The Bertz CT molecular complexity index is 707. The van der Waals surface area contributed by atoms with Crippen molar-refractivity contribution in [2.45, 2.75) is 24.3 Å². The van der Waals surface area contributed by atoms with Gasteiger partial charge < -0.3 is 5.32 Å². The fourth-order valence-corrected chi connectivity index (χ4v) is 3.16. The van der Waals surface area contributed by atoms with Gasteiger partial charge in [-0.25, -0.2) is 17.8 Å². The highest BCUT2D eigenvalue weighted by atomic mass is 32.2. The first kappa shape index (κ1) is 15.5. The van der Waals surface area contributed by atoms with E-state index in [1.165, 1.54) is 11.0 Å². The Morgan fingerprint density at radius 1 is 1.38 bits per heavy atom. The number of aromatic nitrogens is 3. The summed E-state index contributed by atoms with van der Waals surface area (Å²) in [5.41, 5.74) is 0.931. The number of nitrogens with zero attached hydrogens (tertiary/aromatic N) is 3. The highest BCUT2D eigenvalue weighted by molar-refractivity contribution is 7.92. The van der Waals surface area contributed by atoms with Crippen molar-refractivity contribution in [2.75, 3.05) is 11.8 Å². The average molecular weight is 309 g/mol. The fraction of sp³-hybridized carbons (Fsp3) is 0.385. The molecule has 21 heavy (non-hydrogen) atoms. The maximum Gasteiger partial charge on any atom is 0.264 e. The van der Waals surface area contributed by atoms with Crippen molar-refractivity contribution >= 4 is 16.0 Å². The quantitative estimate of drug-likeness (QED) is 0.839. The van der Waals surface area contributed by atoms with E-state index in [1.807, 2.05) is 20.0 Å². The lowest BCUT2D eigenvalue weighted by molar-refractivity contribution is 0.574. The molecule has 7 nitrogen and oxygen atoms in total. The van der Waals surface area contributed by atoms with Gasteiger partial charge in [0, 0.05) is 13.1 Å². The lowest BCUT2D eigenvalue weighted by Crippen LogP contribution is -2.18. The van der Waals surface area contributed by atoms with E-state index < -0.39 is 10.0 Å². The number of anilines is 1. The Morgan fingerprint density at radius 2 is 2.14 bits per heavy atom. The molecule has 0 radical (unpaired) electrons. The van der Waals surface area contributed by atoms with Crippen molar-refractivity contribution in [2.24, 2.45) is 7.05 Å². The molecule has 0 fully saturated rings. The summed E-state index contributed by atoms with van der Waals surface area (Å²) in [7, 11) is -0.205. The Hall–Kier alpha value is -1.93. The van der Waals surface area contributed by atoms with Crippen molar-refractivity contribution in [3.63, 3.8) is 0 Å². The first-order valence-electron chi connectivity index (χ1n) is 6.62. The van der Waals surface area contributed by atoms with Crippen LogP contribution in [0.5, 0.6) is 0 Å². The first-order chi connectivity index (χ1) is 9.97. The molecule has 8 heteroatoms. The van der Waals surface area contributed by atoms with Gasteiger partial charge in [-0.05, 0) is 31.2 Å². The largest absolute Gasteiger partial charge is 0.313 e. The molecule has 114 valence electrons. The lowest BCUT2D eigenvalue weighted by atomic mass is 10.1. The monoisotopic (exact) mass is 309 g/mol. The van der Waals surface area contributed by atoms with Gasteiger partial charge in [0.25, 0.3) is 10.0 Å². The number of sulfonamides is 1.